The minimum absolute atomic E-state index is 0.553. The van der Waals surface area contributed by atoms with Crippen LogP contribution >= 0.6 is 11.8 Å². The molecule has 0 amide bonds. The van der Waals surface area contributed by atoms with E-state index in [1.807, 2.05) is 48.3 Å². The number of rotatable bonds is 5. The van der Waals surface area contributed by atoms with Crippen LogP contribution in [0.2, 0.25) is 0 Å². The number of nitrogens with zero attached hydrogens (tertiary/aromatic N) is 3. The molecule has 10 aromatic rings. The Morgan fingerprint density at radius 1 is 0.350 bits per heavy atom. The van der Waals surface area contributed by atoms with Crippen LogP contribution in [0.4, 0.5) is 0 Å². The molecule has 1 aliphatic carbocycles. The van der Waals surface area contributed by atoms with Crippen molar-refractivity contribution in [3.8, 4) is 67.3 Å². The monoisotopic (exact) mass is 781 g/mol. The molecule has 0 N–H and O–H groups in total. The summed E-state index contributed by atoms with van der Waals surface area (Å²) in [6, 6.07) is 74.5. The molecule has 2 aliphatic rings. The van der Waals surface area contributed by atoms with E-state index in [0.29, 0.717) is 5.82 Å². The van der Waals surface area contributed by atoms with E-state index in [-0.39, 0.29) is 0 Å². The molecule has 12 rings (SSSR count). The van der Waals surface area contributed by atoms with Crippen LogP contribution in [-0.4, -0.2) is 15.0 Å². The number of hydrogen-bond acceptors (Lipinski definition) is 4. The first-order valence-corrected chi connectivity index (χ1v) is 21.2. The van der Waals surface area contributed by atoms with Crippen LogP contribution in [0.5, 0.6) is 0 Å². The maximum Gasteiger partial charge on any atom is 0.160 e. The molecule has 4 heteroatoms. The predicted octanol–water partition coefficient (Wildman–Crippen LogP) is 14.2. The topological polar surface area (TPSA) is 38.7 Å². The molecule has 0 saturated carbocycles. The van der Waals surface area contributed by atoms with Crippen molar-refractivity contribution in [3.05, 3.63) is 235 Å². The summed E-state index contributed by atoms with van der Waals surface area (Å²) in [5.41, 5.74) is 17.8. The molecule has 1 spiro atoms. The van der Waals surface area contributed by atoms with E-state index in [9.17, 15) is 0 Å². The Balaban J connectivity index is 1.06. The van der Waals surface area contributed by atoms with Gasteiger partial charge >= 0.3 is 0 Å². The minimum atomic E-state index is -0.553. The zero-order valence-corrected chi connectivity index (χ0v) is 33.3. The highest BCUT2D eigenvalue weighted by Gasteiger charge is 2.50. The van der Waals surface area contributed by atoms with Gasteiger partial charge in [-0.25, -0.2) is 9.97 Å². The number of fused-ring (bicyclic) bond motifs is 10. The molecule has 0 saturated heterocycles. The first-order valence-electron chi connectivity index (χ1n) is 20.3. The summed E-state index contributed by atoms with van der Waals surface area (Å²) in [6.07, 6.45) is 1.86. The van der Waals surface area contributed by atoms with Gasteiger partial charge in [0.25, 0.3) is 0 Å². The highest BCUT2D eigenvalue weighted by atomic mass is 32.2. The van der Waals surface area contributed by atoms with Gasteiger partial charge in [0.15, 0.2) is 5.82 Å². The molecular weight excluding hydrogens is 747 g/mol. The van der Waals surface area contributed by atoms with Gasteiger partial charge in [-0.2, -0.15) is 0 Å². The Bertz CT molecular complexity index is 3180. The van der Waals surface area contributed by atoms with E-state index in [1.54, 1.807) is 0 Å². The highest BCUT2D eigenvalue weighted by molar-refractivity contribution is 7.99. The van der Waals surface area contributed by atoms with Crippen molar-refractivity contribution in [2.75, 3.05) is 0 Å². The third-order valence-corrected chi connectivity index (χ3v) is 13.4. The Labute approximate surface area is 353 Å². The zero-order valence-electron chi connectivity index (χ0n) is 32.5. The normalized spacial score (nSPS) is 13.1. The molecule has 0 fully saturated rings. The van der Waals surface area contributed by atoms with E-state index in [1.165, 1.54) is 65.4 Å². The number of aromatic nitrogens is 3. The molecule has 3 nitrogen and oxygen atoms in total. The van der Waals surface area contributed by atoms with Crippen LogP contribution in [-0.2, 0) is 5.41 Å². The maximum absolute atomic E-state index is 5.28. The van der Waals surface area contributed by atoms with E-state index in [0.717, 1.165) is 39.0 Å². The smallest absolute Gasteiger partial charge is 0.160 e. The van der Waals surface area contributed by atoms with E-state index >= 15 is 0 Å². The average Bonchev–Trinajstić information content (AvgIpc) is 3.61. The van der Waals surface area contributed by atoms with Crippen molar-refractivity contribution in [2.24, 2.45) is 0 Å². The van der Waals surface area contributed by atoms with Crippen molar-refractivity contribution >= 4 is 22.7 Å². The molecule has 8 aromatic carbocycles. The predicted molar refractivity (Wildman–Crippen MR) is 246 cm³/mol. The molecule has 0 unspecified atom stereocenters. The van der Waals surface area contributed by atoms with Crippen molar-refractivity contribution in [3.63, 3.8) is 0 Å². The largest absolute Gasteiger partial charge is 0.256 e. The lowest BCUT2D eigenvalue weighted by Crippen LogP contribution is -2.32. The van der Waals surface area contributed by atoms with Gasteiger partial charge in [0.05, 0.1) is 22.3 Å². The fourth-order valence-corrected chi connectivity index (χ4v) is 10.7. The molecule has 0 bridgehead atoms. The van der Waals surface area contributed by atoms with Crippen LogP contribution in [0.25, 0.3) is 78.2 Å². The Kier molecular flexibility index (Phi) is 8.00. The zero-order chi connectivity index (χ0) is 39.6. The number of pyridine rings is 1. The Morgan fingerprint density at radius 2 is 0.917 bits per heavy atom. The molecule has 3 heterocycles. The lowest BCUT2D eigenvalue weighted by Gasteiger charge is -2.40. The first-order chi connectivity index (χ1) is 29.7. The highest BCUT2D eigenvalue weighted by Crippen LogP contribution is 2.63. The molecule has 2 aromatic heterocycles. The molecule has 280 valence electrons. The average molecular weight is 782 g/mol. The second-order valence-corrected chi connectivity index (χ2v) is 16.6. The van der Waals surface area contributed by atoms with Gasteiger partial charge in [0, 0.05) is 38.1 Å². The van der Waals surface area contributed by atoms with Crippen LogP contribution in [0.3, 0.4) is 0 Å². The summed E-state index contributed by atoms with van der Waals surface area (Å²) in [4.78, 5) is 17.5. The molecular formula is C56H35N3S. The van der Waals surface area contributed by atoms with E-state index in [2.05, 4.69) is 181 Å². The fraction of sp³-hybridized carbons (Fsp3) is 0.0179. The summed E-state index contributed by atoms with van der Waals surface area (Å²) in [5, 5.41) is 1.16. The summed E-state index contributed by atoms with van der Waals surface area (Å²) < 4.78 is 0. The third kappa shape index (κ3) is 5.42. The van der Waals surface area contributed by atoms with Gasteiger partial charge in [-0.3, -0.25) is 4.98 Å². The van der Waals surface area contributed by atoms with Gasteiger partial charge in [0.1, 0.15) is 0 Å². The summed E-state index contributed by atoms with van der Waals surface area (Å²) in [7, 11) is 0. The maximum atomic E-state index is 5.28. The van der Waals surface area contributed by atoms with Gasteiger partial charge in [-0.15, -0.1) is 0 Å². The van der Waals surface area contributed by atoms with Crippen LogP contribution in [0, 0.1) is 0 Å². The Hall–Kier alpha value is -7.40. The minimum Gasteiger partial charge on any atom is -0.256 e. The van der Waals surface area contributed by atoms with Gasteiger partial charge in [0.2, 0.25) is 0 Å². The van der Waals surface area contributed by atoms with Crippen molar-refractivity contribution in [1.82, 2.24) is 15.0 Å². The molecule has 1 aliphatic heterocycles. The first kappa shape index (κ1) is 34.6. The summed E-state index contributed by atoms with van der Waals surface area (Å²) >= 11 is 1.87. The summed E-state index contributed by atoms with van der Waals surface area (Å²) in [5.74, 6) is 0.711. The lowest BCUT2D eigenvalue weighted by molar-refractivity contribution is 0.723. The van der Waals surface area contributed by atoms with Crippen molar-refractivity contribution in [1.29, 1.82) is 0 Å². The van der Waals surface area contributed by atoms with E-state index < -0.39 is 5.41 Å². The van der Waals surface area contributed by atoms with Gasteiger partial charge in [-0.05, 0) is 98.1 Å². The number of hydrogen-bond donors (Lipinski definition) is 0. The van der Waals surface area contributed by atoms with Gasteiger partial charge < -0.3 is 0 Å². The third-order valence-electron chi connectivity index (χ3n) is 12.2. The quantitative estimate of drug-likeness (QED) is 0.174. The van der Waals surface area contributed by atoms with E-state index in [4.69, 9.17) is 9.97 Å². The molecule has 60 heavy (non-hydrogen) atoms. The lowest BCUT2D eigenvalue weighted by atomic mass is 9.67. The fourth-order valence-electron chi connectivity index (χ4n) is 9.50. The van der Waals surface area contributed by atoms with Crippen molar-refractivity contribution in [2.45, 2.75) is 15.2 Å². The molecule has 0 radical (unpaired) electrons. The van der Waals surface area contributed by atoms with Crippen LogP contribution in [0.15, 0.2) is 222 Å². The van der Waals surface area contributed by atoms with Crippen LogP contribution in [0.1, 0.15) is 22.3 Å². The standard InChI is InChI=1S/C56H35N3S/c1-3-13-38(14-4-1)51-35-52(59-55(58-51)39-15-5-2-6-16-39)41-29-31-44-43-30-28-40(36-24-26-37(27-25-36)42-17-11-21-50-45(42)18-12-32-57-50)33-48(43)56(49(44)34-41)46-19-7-9-22-53(46)60-54-23-10-8-20-47(54)56/h1-35H. The molecule has 0 atom stereocenters. The second kappa shape index (κ2) is 13.9. The van der Waals surface area contributed by atoms with Gasteiger partial charge in [-0.1, -0.05) is 176 Å². The second-order valence-electron chi connectivity index (χ2n) is 15.5. The summed E-state index contributed by atoms with van der Waals surface area (Å²) in [6.45, 7) is 0. The SMILES string of the molecule is c1ccc(-c2cc(-c3ccc4c(c3)C3(c5ccccc5Sc5ccccc53)c3cc(-c5ccc(-c6cccc7ncccc67)cc5)ccc3-4)nc(-c3ccccc3)n2)cc1. The Morgan fingerprint density at radius 3 is 1.62 bits per heavy atom. The van der Waals surface area contributed by atoms with Crippen LogP contribution < -0.4 is 0 Å². The van der Waals surface area contributed by atoms with Crippen molar-refractivity contribution < 1.29 is 0 Å². The number of benzene rings is 8.